The molecule has 0 aromatic heterocycles. The molecule has 0 bridgehead atoms. The van der Waals surface area contributed by atoms with E-state index in [2.05, 4.69) is 106 Å². The van der Waals surface area contributed by atoms with Gasteiger partial charge in [0, 0.05) is 0 Å². The van der Waals surface area contributed by atoms with Crippen molar-refractivity contribution in [2.45, 2.75) is 52.5 Å². The molecule has 120 valence electrons. The van der Waals surface area contributed by atoms with Crippen LogP contribution in [0.4, 0.5) is 0 Å². The Bertz CT molecular complexity index is 549. The lowest BCUT2D eigenvalue weighted by Crippen LogP contribution is -2.70. The van der Waals surface area contributed by atoms with Crippen molar-refractivity contribution >= 4 is 22.4 Å². The first-order valence-electron chi connectivity index (χ1n) is 8.31. The maximum atomic E-state index is 2.94. The number of rotatable bonds is 4. The molecule has 0 heterocycles. The molecule has 3 heteroatoms. The third kappa shape index (κ3) is 3.07. The van der Waals surface area contributed by atoms with Crippen molar-refractivity contribution in [1.82, 2.24) is 4.23 Å². The summed E-state index contributed by atoms with van der Waals surface area (Å²) >= 11 is 0. The zero-order valence-electron chi connectivity index (χ0n) is 15.2. The summed E-state index contributed by atoms with van der Waals surface area (Å²) in [6, 6.07) is 11.1. The highest BCUT2D eigenvalue weighted by atomic mass is 28.4. The standard InChI is InChI=1S/C19H31NSi2/c1-18(2,3)19(15-11-12-16-19)20(22(5,6)7)21(4)17-13-9-8-10-14-17/h8-16,21H,1-7H3. The number of benzene rings is 1. The van der Waals surface area contributed by atoms with Crippen LogP contribution in [0, 0.1) is 5.41 Å². The van der Waals surface area contributed by atoms with Crippen LogP contribution in [0.5, 0.6) is 0 Å². The molecule has 1 aliphatic rings. The van der Waals surface area contributed by atoms with Crippen LogP contribution in [0.25, 0.3) is 0 Å². The van der Waals surface area contributed by atoms with Crippen LogP contribution >= 0.6 is 0 Å². The van der Waals surface area contributed by atoms with Crippen LogP contribution in [0.3, 0.4) is 0 Å². The molecule has 22 heavy (non-hydrogen) atoms. The summed E-state index contributed by atoms with van der Waals surface area (Å²) in [5.41, 5.74) is 0.242. The third-order valence-electron chi connectivity index (χ3n) is 4.80. The molecule has 0 N–H and O–H groups in total. The maximum absolute atomic E-state index is 2.94. The van der Waals surface area contributed by atoms with Crippen molar-refractivity contribution in [3.63, 3.8) is 0 Å². The zero-order valence-corrected chi connectivity index (χ0v) is 17.4. The molecule has 1 unspecified atom stereocenters. The Kier molecular flexibility index (Phi) is 4.72. The molecule has 0 aliphatic heterocycles. The van der Waals surface area contributed by atoms with E-state index in [0.29, 0.717) is 0 Å². The van der Waals surface area contributed by atoms with Gasteiger partial charge in [0.05, 0.1) is 5.54 Å². The molecule has 1 nitrogen and oxygen atoms in total. The van der Waals surface area contributed by atoms with Gasteiger partial charge in [-0.2, -0.15) is 0 Å². The molecule has 0 fully saturated rings. The summed E-state index contributed by atoms with van der Waals surface area (Å²) in [5.74, 6) is 0. The van der Waals surface area contributed by atoms with Gasteiger partial charge in [-0.3, -0.25) is 0 Å². The first-order valence-corrected chi connectivity index (χ1v) is 14.0. The number of hydrogen-bond acceptors (Lipinski definition) is 1. The lowest BCUT2D eigenvalue weighted by Gasteiger charge is -2.56. The quantitative estimate of drug-likeness (QED) is 0.745. The molecular weight excluding hydrogens is 298 g/mol. The van der Waals surface area contributed by atoms with Crippen LogP contribution in [0.1, 0.15) is 20.8 Å². The summed E-state index contributed by atoms with van der Waals surface area (Å²) < 4.78 is 2.94. The van der Waals surface area contributed by atoms with Gasteiger partial charge >= 0.3 is 0 Å². The summed E-state index contributed by atoms with van der Waals surface area (Å²) in [6.07, 6.45) is 9.37. The predicted molar refractivity (Wildman–Crippen MR) is 105 cm³/mol. The number of nitrogens with zero attached hydrogens (tertiary/aromatic N) is 1. The van der Waals surface area contributed by atoms with Crippen molar-refractivity contribution in [2.75, 3.05) is 0 Å². The van der Waals surface area contributed by atoms with Crippen molar-refractivity contribution < 1.29 is 0 Å². The molecule has 2 rings (SSSR count). The molecule has 0 spiro atoms. The lowest BCUT2D eigenvalue weighted by molar-refractivity contribution is 0.201. The minimum atomic E-state index is -1.49. The van der Waals surface area contributed by atoms with Gasteiger partial charge in [0.1, 0.15) is 17.2 Å². The monoisotopic (exact) mass is 329 g/mol. The maximum Gasteiger partial charge on any atom is 0.135 e. The first kappa shape index (κ1) is 17.4. The zero-order chi connectivity index (χ0) is 16.6. The average molecular weight is 330 g/mol. The second kappa shape index (κ2) is 5.95. The molecule has 1 aromatic rings. The van der Waals surface area contributed by atoms with Gasteiger partial charge in [-0.1, -0.05) is 102 Å². The highest BCUT2D eigenvalue weighted by Gasteiger charge is 2.50. The smallest absolute Gasteiger partial charge is 0.135 e. The van der Waals surface area contributed by atoms with Crippen LogP contribution < -0.4 is 5.19 Å². The summed E-state index contributed by atoms with van der Waals surface area (Å²) in [4.78, 5) is 0. The number of hydrogen-bond donors (Lipinski definition) is 0. The Morgan fingerprint density at radius 3 is 1.86 bits per heavy atom. The van der Waals surface area contributed by atoms with Gasteiger partial charge in [-0.25, -0.2) is 0 Å². The van der Waals surface area contributed by atoms with E-state index in [1.807, 2.05) is 0 Å². The topological polar surface area (TPSA) is 3.24 Å². The normalized spacial score (nSPS) is 18.9. The Morgan fingerprint density at radius 2 is 1.45 bits per heavy atom. The molecular formula is C19H31NSi2. The molecule has 1 aliphatic carbocycles. The van der Waals surface area contributed by atoms with E-state index in [1.165, 1.54) is 0 Å². The fourth-order valence-corrected chi connectivity index (χ4v) is 12.8. The van der Waals surface area contributed by atoms with Gasteiger partial charge in [0.15, 0.2) is 0 Å². The van der Waals surface area contributed by atoms with Gasteiger partial charge in [0.25, 0.3) is 0 Å². The van der Waals surface area contributed by atoms with Gasteiger partial charge in [-0.15, -0.1) is 0 Å². The highest BCUT2D eigenvalue weighted by Crippen LogP contribution is 2.43. The Morgan fingerprint density at radius 1 is 0.955 bits per heavy atom. The van der Waals surface area contributed by atoms with Gasteiger partial charge in [-0.05, 0) is 10.6 Å². The van der Waals surface area contributed by atoms with E-state index in [9.17, 15) is 0 Å². The van der Waals surface area contributed by atoms with Crippen LogP contribution in [0.2, 0.25) is 26.2 Å². The van der Waals surface area contributed by atoms with Crippen LogP contribution in [-0.2, 0) is 0 Å². The van der Waals surface area contributed by atoms with E-state index < -0.39 is 17.2 Å². The van der Waals surface area contributed by atoms with Crippen molar-refractivity contribution in [2.24, 2.45) is 5.41 Å². The van der Waals surface area contributed by atoms with E-state index >= 15 is 0 Å². The summed E-state index contributed by atoms with van der Waals surface area (Å²) in [6.45, 7) is 17.1. The lowest BCUT2D eigenvalue weighted by atomic mass is 9.75. The van der Waals surface area contributed by atoms with E-state index in [-0.39, 0.29) is 11.0 Å². The molecule has 1 atom stereocenters. The Labute approximate surface area is 139 Å². The molecule has 0 radical (unpaired) electrons. The van der Waals surface area contributed by atoms with E-state index in [4.69, 9.17) is 0 Å². The van der Waals surface area contributed by atoms with Crippen molar-refractivity contribution in [3.05, 3.63) is 54.6 Å². The third-order valence-corrected chi connectivity index (χ3v) is 12.7. The molecule has 0 amide bonds. The summed E-state index contributed by atoms with van der Waals surface area (Å²) in [7, 11) is -2.72. The van der Waals surface area contributed by atoms with Crippen LogP contribution in [0.15, 0.2) is 54.6 Å². The largest absolute Gasteiger partial charge is 0.332 e. The van der Waals surface area contributed by atoms with Gasteiger partial charge in [0.2, 0.25) is 0 Å². The van der Waals surface area contributed by atoms with Crippen LogP contribution in [-0.4, -0.2) is 27.0 Å². The molecule has 1 aromatic carbocycles. The minimum Gasteiger partial charge on any atom is -0.332 e. The van der Waals surface area contributed by atoms with Crippen molar-refractivity contribution in [3.8, 4) is 0 Å². The Hall–Kier alpha value is -0.906. The molecule has 0 saturated carbocycles. The average Bonchev–Trinajstić information content (AvgIpc) is 2.88. The van der Waals surface area contributed by atoms with Crippen molar-refractivity contribution in [1.29, 1.82) is 0 Å². The first-order chi connectivity index (χ1) is 10.1. The van der Waals surface area contributed by atoms with E-state index in [1.54, 1.807) is 5.19 Å². The second-order valence-corrected chi connectivity index (χ2v) is 16.3. The predicted octanol–water partition coefficient (Wildman–Crippen LogP) is 4.30. The SMILES string of the molecule is C[SiH](c1ccccc1)N(C1(C(C)(C)C)C=CC=C1)[Si](C)(C)C. The Balaban J connectivity index is 2.57. The number of allylic oxidation sites excluding steroid dienone is 2. The second-order valence-electron chi connectivity index (χ2n) is 8.42. The van der Waals surface area contributed by atoms with Gasteiger partial charge < -0.3 is 4.23 Å². The minimum absolute atomic E-state index is 0.0545. The summed E-state index contributed by atoms with van der Waals surface area (Å²) in [5, 5.41) is 1.54. The highest BCUT2D eigenvalue weighted by molar-refractivity contribution is 6.87. The fourth-order valence-electron chi connectivity index (χ4n) is 3.82. The molecule has 0 saturated heterocycles. The van der Waals surface area contributed by atoms with E-state index in [0.717, 1.165) is 0 Å². The fraction of sp³-hybridized carbons (Fsp3) is 0.474.